The third-order valence-corrected chi connectivity index (χ3v) is 4.85. The molecule has 17 heavy (non-hydrogen) atoms. The molecule has 2 atom stereocenters. The van der Waals surface area contributed by atoms with Crippen molar-refractivity contribution in [3.63, 3.8) is 0 Å². The zero-order chi connectivity index (χ0) is 12.1. The van der Waals surface area contributed by atoms with Crippen LogP contribution in [-0.4, -0.2) is 5.78 Å². The summed E-state index contributed by atoms with van der Waals surface area (Å²) in [6.07, 6.45) is 7.76. The van der Waals surface area contributed by atoms with Crippen LogP contribution < -0.4 is 0 Å². The molecule has 0 aromatic rings. The number of ketones is 1. The third kappa shape index (κ3) is 0.984. The standard InChI is InChI=1S/C14H14N2O/c15-8-13(9-16)12-11(17)6-7-14(12,13)10-4-2-1-3-5-10/h4,12H,1-3,5-7H2/t12-,14+/m1/s1. The molecule has 3 aliphatic rings. The van der Waals surface area contributed by atoms with Crippen molar-refractivity contribution < 1.29 is 4.79 Å². The van der Waals surface area contributed by atoms with Crippen molar-refractivity contribution in [2.24, 2.45) is 16.7 Å². The third-order valence-electron chi connectivity index (χ3n) is 4.85. The Balaban J connectivity index is 2.08. The van der Waals surface area contributed by atoms with Crippen LogP contribution in [0.25, 0.3) is 0 Å². The van der Waals surface area contributed by atoms with Crippen molar-refractivity contribution in [2.45, 2.75) is 38.5 Å². The maximum Gasteiger partial charge on any atom is 0.164 e. The molecule has 2 fully saturated rings. The van der Waals surface area contributed by atoms with E-state index in [-0.39, 0.29) is 11.7 Å². The van der Waals surface area contributed by atoms with Gasteiger partial charge in [0.05, 0.1) is 18.1 Å². The van der Waals surface area contributed by atoms with Crippen LogP contribution in [0.3, 0.4) is 0 Å². The molecule has 0 N–H and O–H groups in total. The summed E-state index contributed by atoms with van der Waals surface area (Å²) in [6, 6.07) is 4.30. The van der Waals surface area contributed by atoms with E-state index in [1.54, 1.807) is 0 Å². The van der Waals surface area contributed by atoms with Gasteiger partial charge in [-0.3, -0.25) is 4.79 Å². The van der Waals surface area contributed by atoms with Crippen molar-refractivity contribution in [3.05, 3.63) is 11.6 Å². The van der Waals surface area contributed by atoms with Crippen molar-refractivity contribution in [2.75, 3.05) is 0 Å². The summed E-state index contributed by atoms with van der Waals surface area (Å²) in [6.45, 7) is 0. The summed E-state index contributed by atoms with van der Waals surface area (Å²) in [5.74, 6) is -0.200. The van der Waals surface area contributed by atoms with E-state index in [1.165, 1.54) is 12.0 Å². The van der Waals surface area contributed by atoms with E-state index < -0.39 is 10.8 Å². The Morgan fingerprint density at radius 3 is 2.53 bits per heavy atom. The maximum absolute atomic E-state index is 11.9. The van der Waals surface area contributed by atoms with Crippen molar-refractivity contribution in [3.8, 4) is 12.1 Å². The van der Waals surface area contributed by atoms with Gasteiger partial charge in [-0.15, -0.1) is 0 Å². The lowest BCUT2D eigenvalue weighted by atomic mass is 9.79. The number of carbonyl (C=O) groups is 1. The largest absolute Gasteiger partial charge is 0.299 e. The van der Waals surface area contributed by atoms with Crippen molar-refractivity contribution >= 4 is 5.78 Å². The number of rotatable bonds is 1. The Morgan fingerprint density at radius 1 is 1.24 bits per heavy atom. The predicted molar refractivity (Wildman–Crippen MR) is 60.4 cm³/mol. The molecule has 0 unspecified atom stereocenters. The van der Waals surface area contributed by atoms with E-state index in [1.807, 2.05) is 0 Å². The fourth-order valence-electron chi connectivity index (χ4n) is 4.05. The molecular formula is C14H14N2O. The van der Waals surface area contributed by atoms with E-state index in [4.69, 9.17) is 0 Å². The van der Waals surface area contributed by atoms with Gasteiger partial charge in [0.25, 0.3) is 0 Å². The Morgan fingerprint density at radius 2 is 2.00 bits per heavy atom. The number of fused-ring (bicyclic) bond motifs is 1. The number of nitrogens with zero attached hydrogens (tertiary/aromatic N) is 2. The van der Waals surface area contributed by atoms with Gasteiger partial charge in [0.15, 0.2) is 5.41 Å². The van der Waals surface area contributed by atoms with Gasteiger partial charge in [-0.1, -0.05) is 11.6 Å². The molecule has 0 aromatic heterocycles. The van der Waals surface area contributed by atoms with Crippen LogP contribution in [0.5, 0.6) is 0 Å². The number of nitriles is 2. The average molecular weight is 226 g/mol. The summed E-state index contributed by atoms with van der Waals surface area (Å²) in [5, 5.41) is 18.6. The molecule has 0 aliphatic heterocycles. The Kier molecular flexibility index (Phi) is 1.98. The lowest BCUT2D eigenvalue weighted by Gasteiger charge is -2.22. The zero-order valence-electron chi connectivity index (χ0n) is 9.70. The number of carbonyl (C=O) groups excluding carboxylic acids is 1. The molecule has 2 saturated carbocycles. The Bertz CT molecular complexity index is 491. The minimum Gasteiger partial charge on any atom is -0.299 e. The lowest BCUT2D eigenvalue weighted by Crippen LogP contribution is -2.16. The fraction of sp³-hybridized carbons (Fsp3) is 0.643. The van der Waals surface area contributed by atoms with Gasteiger partial charge < -0.3 is 0 Å². The van der Waals surface area contributed by atoms with E-state index in [9.17, 15) is 15.3 Å². The molecule has 3 heteroatoms. The highest BCUT2D eigenvalue weighted by Gasteiger charge is 2.84. The topological polar surface area (TPSA) is 64.7 Å². The molecule has 3 rings (SSSR count). The Labute approximate surface area is 101 Å². The second kappa shape index (κ2) is 3.20. The van der Waals surface area contributed by atoms with Gasteiger partial charge in [-0.05, 0) is 32.1 Å². The predicted octanol–water partition coefficient (Wildman–Crippen LogP) is 2.50. The summed E-state index contributed by atoms with van der Waals surface area (Å²) in [7, 11) is 0. The number of hydrogen-bond donors (Lipinski definition) is 0. The second-order valence-electron chi connectivity index (χ2n) is 5.38. The van der Waals surface area contributed by atoms with Crippen molar-refractivity contribution in [1.29, 1.82) is 10.5 Å². The van der Waals surface area contributed by atoms with Gasteiger partial charge in [-0.25, -0.2) is 0 Å². The number of hydrogen-bond acceptors (Lipinski definition) is 3. The van der Waals surface area contributed by atoms with Gasteiger partial charge in [0.1, 0.15) is 5.78 Å². The highest BCUT2D eigenvalue weighted by Crippen LogP contribution is 2.78. The quantitative estimate of drug-likeness (QED) is 0.645. The first-order valence-electron chi connectivity index (χ1n) is 6.27. The fourth-order valence-corrected chi connectivity index (χ4v) is 4.05. The second-order valence-corrected chi connectivity index (χ2v) is 5.38. The minimum atomic E-state index is -1.04. The molecule has 3 nitrogen and oxygen atoms in total. The van der Waals surface area contributed by atoms with Gasteiger partial charge >= 0.3 is 0 Å². The SMILES string of the molecule is N#CC1(C#N)[C@H]2C(=O)CC[C@]21C1=CCCCC1. The normalized spacial score (nSPS) is 37.6. The zero-order valence-corrected chi connectivity index (χ0v) is 9.70. The molecule has 86 valence electrons. The van der Waals surface area contributed by atoms with Gasteiger partial charge in [0, 0.05) is 11.8 Å². The molecular weight excluding hydrogens is 212 g/mol. The highest BCUT2D eigenvalue weighted by atomic mass is 16.1. The van der Waals surface area contributed by atoms with Crippen LogP contribution in [0, 0.1) is 39.4 Å². The van der Waals surface area contributed by atoms with Gasteiger partial charge in [0.2, 0.25) is 0 Å². The minimum absolute atomic E-state index is 0.125. The smallest absolute Gasteiger partial charge is 0.164 e. The average Bonchev–Trinajstić information content (AvgIpc) is 2.85. The van der Waals surface area contributed by atoms with Crippen LogP contribution in [0.15, 0.2) is 11.6 Å². The first-order valence-corrected chi connectivity index (χ1v) is 6.27. The van der Waals surface area contributed by atoms with Crippen molar-refractivity contribution in [1.82, 2.24) is 0 Å². The first-order chi connectivity index (χ1) is 8.23. The van der Waals surface area contributed by atoms with Crippen LogP contribution >= 0.6 is 0 Å². The molecule has 0 bridgehead atoms. The van der Waals surface area contributed by atoms with E-state index in [2.05, 4.69) is 18.2 Å². The van der Waals surface area contributed by atoms with Crippen LogP contribution in [-0.2, 0) is 4.79 Å². The Hall–Kier alpha value is -1.61. The lowest BCUT2D eigenvalue weighted by molar-refractivity contribution is -0.119. The molecule has 0 spiro atoms. The van der Waals surface area contributed by atoms with Gasteiger partial charge in [-0.2, -0.15) is 10.5 Å². The molecule has 0 aromatic carbocycles. The molecule has 0 heterocycles. The summed E-state index contributed by atoms with van der Waals surface area (Å²) >= 11 is 0. The molecule has 3 aliphatic carbocycles. The summed E-state index contributed by atoms with van der Waals surface area (Å²) in [5.41, 5.74) is -0.206. The molecule has 0 amide bonds. The highest BCUT2D eigenvalue weighted by molar-refractivity contribution is 5.93. The maximum atomic E-state index is 11.9. The number of Topliss-reactive ketones (excluding diaryl/α,β-unsaturated/α-hetero) is 1. The monoisotopic (exact) mass is 226 g/mol. The number of allylic oxidation sites excluding steroid dienone is 2. The molecule has 0 saturated heterocycles. The molecule has 0 radical (unpaired) electrons. The van der Waals surface area contributed by atoms with Crippen LogP contribution in [0.4, 0.5) is 0 Å². The first kappa shape index (κ1) is 10.5. The van der Waals surface area contributed by atoms with E-state index >= 15 is 0 Å². The van der Waals surface area contributed by atoms with Crippen LogP contribution in [0.2, 0.25) is 0 Å². The summed E-state index contributed by atoms with van der Waals surface area (Å²) < 4.78 is 0. The van der Waals surface area contributed by atoms with E-state index in [0.717, 1.165) is 19.3 Å². The summed E-state index contributed by atoms with van der Waals surface area (Å²) in [4.78, 5) is 11.9. The van der Waals surface area contributed by atoms with Crippen LogP contribution in [0.1, 0.15) is 38.5 Å². The van der Waals surface area contributed by atoms with E-state index in [0.29, 0.717) is 12.8 Å².